The molecule has 0 radical (unpaired) electrons. The first kappa shape index (κ1) is 28.8. The summed E-state index contributed by atoms with van der Waals surface area (Å²) in [5.74, 6) is -0.274. The van der Waals surface area contributed by atoms with Crippen LogP contribution in [-0.2, 0) is 20.7 Å². The summed E-state index contributed by atoms with van der Waals surface area (Å²) in [6.45, 7) is -0.352. The molecule has 0 saturated carbocycles. The van der Waals surface area contributed by atoms with Crippen molar-refractivity contribution in [3.63, 3.8) is 0 Å². The first-order valence-corrected chi connectivity index (χ1v) is 11.2. The summed E-state index contributed by atoms with van der Waals surface area (Å²) in [5, 5.41) is 0.638. The summed E-state index contributed by atoms with van der Waals surface area (Å²) < 4.78 is 44.5. The number of rotatable bonds is 8. The third-order valence-corrected chi connectivity index (χ3v) is 5.08. The molecule has 36 heavy (non-hydrogen) atoms. The third-order valence-electron chi connectivity index (χ3n) is 4.43. The highest BCUT2D eigenvalue weighted by molar-refractivity contribution is 6.35. The standard InChI is InChI=1S/C17H15Cl2F2NO4.C8H8O2/c1-9(23)25-15(6-11-12(18)7-22-8-13(11)19)10-3-4-14(26-17(20)21)16(5-10)24-2;1-7(9)10-8-5-3-2-4-6-8/h3-5,7-8,15,17H,6H2,1-2H3;2-6H,1H3. The SMILES string of the molecule is CC(=O)Oc1ccccc1.COc1cc(C(Cc2c(Cl)cncc2Cl)OC(C)=O)ccc1OC(F)F. The number of hydrogen-bond acceptors (Lipinski definition) is 7. The molecule has 0 saturated heterocycles. The summed E-state index contributed by atoms with van der Waals surface area (Å²) >= 11 is 12.2. The molecule has 0 bridgehead atoms. The number of methoxy groups -OCH3 is 1. The highest BCUT2D eigenvalue weighted by Crippen LogP contribution is 2.35. The number of ether oxygens (including phenoxy) is 4. The molecule has 0 fully saturated rings. The number of pyridine rings is 1. The van der Waals surface area contributed by atoms with E-state index < -0.39 is 18.7 Å². The summed E-state index contributed by atoms with van der Waals surface area (Å²) in [4.78, 5) is 25.8. The molecule has 1 atom stereocenters. The van der Waals surface area contributed by atoms with Crippen LogP contribution in [0.4, 0.5) is 8.78 Å². The highest BCUT2D eigenvalue weighted by Gasteiger charge is 2.22. The number of carbonyl (C=O) groups excluding carboxylic acids is 2. The van der Waals surface area contributed by atoms with Gasteiger partial charge in [-0.1, -0.05) is 47.5 Å². The second kappa shape index (κ2) is 14.2. The van der Waals surface area contributed by atoms with Gasteiger partial charge in [0.2, 0.25) is 0 Å². The maximum Gasteiger partial charge on any atom is 0.387 e. The smallest absolute Gasteiger partial charge is 0.387 e. The molecule has 0 aliphatic rings. The fraction of sp³-hybridized carbons (Fsp3) is 0.240. The minimum absolute atomic E-state index is 0.0758. The Labute approximate surface area is 216 Å². The summed E-state index contributed by atoms with van der Waals surface area (Å²) in [7, 11) is 1.31. The van der Waals surface area contributed by atoms with Crippen LogP contribution in [0.2, 0.25) is 10.0 Å². The average Bonchev–Trinajstić information content (AvgIpc) is 2.81. The van der Waals surface area contributed by atoms with Crippen molar-refractivity contribution in [3.8, 4) is 17.2 Å². The average molecular weight is 542 g/mol. The first-order valence-electron chi connectivity index (χ1n) is 10.4. The molecule has 0 aliphatic carbocycles. The fourth-order valence-corrected chi connectivity index (χ4v) is 3.50. The zero-order chi connectivity index (χ0) is 26.7. The predicted octanol–water partition coefficient (Wildman–Crippen LogP) is 6.46. The molecule has 0 aliphatic heterocycles. The van der Waals surface area contributed by atoms with Crippen molar-refractivity contribution in [2.24, 2.45) is 0 Å². The number of carbonyl (C=O) groups is 2. The van der Waals surface area contributed by atoms with E-state index in [9.17, 15) is 18.4 Å². The van der Waals surface area contributed by atoms with Gasteiger partial charge < -0.3 is 18.9 Å². The van der Waals surface area contributed by atoms with Gasteiger partial charge in [-0.05, 0) is 35.4 Å². The van der Waals surface area contributed by atoms with Crippen LogP contribution in [0.5, 0.6) is 17.2 Å². The first-order chi connectivity index (χ1) is 17.1. The zero-order valence-electron chi connectivity index (χ0n) is 19.5. The lowest BCUT2D eigenvalue weighted by molar-refractivity contribution is -0.146. The monoisotopic (exact) mass is 541 g/mol. The van der Waals surface area contributed by atoms with Crippen LogP contribution in [0.3, 0.4) is 0 Å². The van der Waals surface area contributed by atoms with Gasteiger partial charge in [0, 0.05) is 32.7 Å². The van der Waals surface area contributed by atoms with E-state index in [1.54, 1.807) is 12.1 Å². The van der Waals surface area contributed by atoms with Crippen molar-refractivity contribution in [1.82, 2.24) is 4.98 Å². The Morgan fingerprint density at radius 1 is 0.944 bits per heavy atom. The number of alkyl halides is 2. The minimum atomic E-state index is -2.99. The Kier molecular flexibility index (Phi) is 11.4. The maximum absolute atomic E-state index is 12.5. The quantitative estimate of drug-likeness (QED) is 0.239. The fourth-order valence-electron chi connectivity index (χ4n) is 2.98. The van der Waals surface area contributed by atoms with E-state index in [0.717, 1.165) is 0 Å². The van der Waals surface area contributed by atoms with Gasteiger partial charge in [-0.3, -0.25) is 14.6 Å². The van der Waals surface area contributed by atoms with E-state index in [-0.39, 0.29) is 23.9 Å². The van der Waals surface area contributed by atoms with Crippen molar-refractivity contribution >= 4 is 35.1 Å². The van der Waals surface area contributed by atoms with Gasteiger partial charge >= 0.3 is 18.6 Å². The van der Waals surface area contributed by atoms with Crippen molar-refractivity contribution in [2.75, 3.05) is 7.11 Å². The second-order valence-electron chi connectivity index (χ2n) is 7.08. The molecule has 1 aromatic heterocycles. The number of benzene rings is 2. The predicted molar refractivity (Wildman–Crippen MR) is 130 cm³/mol. The van der Waals surface area contributed by atoms with Crippen LogP contribution in [-0.4, -0.2) is 30.6 Å². The van der Waals surface area contributed by atoms with E-state index in [0.29, 0.717) is 26.9 Å². The van der Waals surface area contributed by atoms with Crippen LogP contribution in [0.25, 0.3) is 0 Å². The van der Waals surface area contributed by atoms with Crippen molar-refractivity contribution in [3.05, 3.63) is 82.1 Å². The van der Waals surface area contributed by atoms with Crippen molar-refractivity contribution in [1.29, 1.82) is 0 Å². The maximum atomic E-state index is 12.5. The van der Waals surface area contributed by atoms with Gasteiger partial charge in [-0.25, -0.2) is 0 Å². The molecule has 11 heteroatoms. The largest absolute Gasteiger partial charge is 0.493 e. The molecule has 192 valence electrons. The molecule has 1 heterocycles. The van der Waals surface area contributed by atoms with Gasteiger partial charge in [-0.2, -0.15) is 8.78 Å². The Bertz CT molecular complexity index is 1140. The lowest BCUT2D eigenvalue weighted by Crippen LogP contribution is -2.13. The lowest BCUT2D eigenvalue weighted by Gasteiger charge is -2.20. The third kappa shape index (κ3) is 9.31. The lowest BCUT2D eigenvalue weighted by atomic mass is 10.0. The minimum Gasteiger partial charge on any atom is -0.493 e. The molecule has 1 unspecified atom stereocenters. The van der Waals surface area contributed by atoms with Crippen molar-refractivity contribution in [2.45, 2.75) is 33.0 Å². The van der Waals surface area contributed by atoms with Crippen LogP contribution >= 0.6 is 23.2 Å². The highest BCUT2D eigenvalue weighted by atomic mass is 35.5. The summed E-state index contributed by atoms with van der Waals surface area (Å²) in [5.41, 5.74) is 1.05. The van der Waals surface area contributed by atoms with E-state index >= 15 is 0 Å². The van der Waals surface area contributed by atoms with E-state index in [1.807, 2.05) is 18.2 Å². The number of esters is 2. The molecule has 0 spiro atoms. The van der Waals surface area contributed by atoms with E-state index in [4.69, 9.17) is 37.4 Å². The topological polar surface area (TPSA) is 84.0 Å². The Hall–Kier alpha value is -3.43. The Morgan fingerprint density at radius 2 is 1.58 bits per heavy atom. The van der Waals surface area contributed by atoms with Gasteiger partial charge in [0.25, 0.3) is 0 Å². The van der Waals surface area contributed by atoms with Crippen LogP contribution < -0.4 is 14.2 Å². The van der Waals surface area contributed by atoms with Crippen molar-refractivity contribution < 1.29 is 37.3 Å². The summed E-state index contributed by atoms with van der Waals surface area (Å²) in [6, 6.07) is 13.2. The second-order valence-corrected chi connectivity index (χ2v) is 7.89. The number of nitrogens with zero attached hydrogens (tertiary/aromatic N) is 1. The van der Waals surface area contributed by atoms with Crippen LogP contribution in [0, 0.1) is 0 Å². The van der Waals surface area contributed by atoms with Crippen LogP contribution in [0.15, 0.2) is 60.9 Å². The van der Waals surface area contributed by atoms with Crippen LogP contribution in [0.1, 0.15) is 31.1 Å². The van der Waals surface area contributed by atoms with E-state index in [1.165, 1.54) is 51.6 Å². The molecule has 3 aromatic rings. The Morgan fingerprint density at radius 3 is 2.11 bits per heavy atom. The molecule has 7 nitrogen and oxygen atoms in total. The summed E-state index contributed by atoms with van der Waals surface area (Å²) in [6.07, 6.45) is 2.25. The van der Waals surface area contributed by atoms with Gasteiger partial charge in [0.05, 0.1) is 17.2 Å². The van der Waals surface area contributed by atoms with Gasteiger partial charge in [0.15, 0.2) is 11.5 Å². The molecular weight excluding hydrogens is 519 g/mol. The number of halogens is 4. The molecule has 2 aromatic carbocycles. The number of aromatic nitrogens is 1. The normalized spacial score (nSPS) is 11.1. The Balaban J connectivity index is 0.000000380. The molecular formula is C25H23Cl2F2NO6. The molecule has 0 N–H and O–H groups in total. The molecule has 0 amide bonds. The van der Waals surface area contributed by atoms with Gasteiger partial charge in [-0.15, -0.1) is 0 Å². The van der Waals surface area contributed by atoms with E-state index in [2.05, 4.69) is 9.72 Å². The number of hydrogen-bond donors (Lipinski definition) is 0. The molecule has 3 rings (SSSR count). The van der Waals surface area contributed by atoms with Gasteiger partial charge in [0.1, 0.15) is 11.9 Å². The number of para-hydroxylation sites is 1. The zero-order valence-corrected chi connectivity index (χ0v) is 21.1.